The van der Waals surface area contributed by atoms with E-state index in [9.17, 15) is 4.79 Å². The molecule has 0 amide bonds. The highest BCUT2D eigenvalue weighted by Gasteiger charge is 2.12. The first-order chi connectivity index (χ1) is 8.04. The monoisotopic (exact) mass is 239 g/mol. The zero-order chi connectivity index (χ0) is 12.8. The summed E-state index contributed by atoms with van der Waals surface area (Å²) in [5, 5.41) is 0. The van der Waals surface area contributed by atoms with Crippen LogP contribution < -0.4 is 5.73 Å². The smallest absolute Gasteiger partial charge is 0.305 e. The van der Waals surface area contributed by atoms with Gasteiger partial charge in [-0.05, 0) is 20.3 Å². The number of carbonyl (C=O) groups excluding carboxylic acids is 1. The number of carbonyl (C=O) groups is 1. The van der Waals surface area contributed by atoms with E-state index in [1.807, 2.05) is 12.5 Å². The molecule has 0 fully saturated rings. The van der Waals surface area contributed by atoms with Crippen molar-refractivity contribution < 1.29 is 9.53 Å². The van der Waals surface area contributed by atoms with Gasteiger partial charge in [-0.3, -0.25) is 4.79 Å². The van der Waals surface area contributed by atoms with Crippen LogP contribution in [-0.4, -0.2) is 28.7 Å². The van der Waals surface area contributed by atoms with E-state index in [-0.39, 0.29) is 12.0 Å². The van der Waals surface area contributed by atoms with Crippen molar-refractivity contribution in [1.82, 2.24) is 9.55 Å². The van der Waals surface area contributed by atoms with Gasteiger partial charge in [0.2, 0.25) is 0 Å². The maximum absolute atomic E-state index is 11.0. The Kier molecular flexibility index (Phi) is 5.15. The third-order valence-corrected chi connectivity index (χ3v) is 2.72. The van der Waals surface area contributed by atoms with E-state index < -0.39 is 0 Å². The largest absolute Gasteiger partial charge is 0.469 e. The molecule has 0 saturated carbocycles. The summed E-state index contributed by atoms with van der Waals surface area (Å²) in [6, 6.07) is 0.337. The number of imidazole rings is 1. The third kappa shape index (κ3) is 4.19. The van der Waals surface area contributed by atoms with Gasteiger partial charge in [0.05, 0.1) is 13.4 Å². The number of hydrogen-bond donors (Lipinski definition) is 1. The number of ether oxygens (including phenoxy) is 1. The summed E-state index contributed by atoms with van der Waals surface area (Å²) in [7, 11) is 1.39. The fourth-order valence-corrected chi connectivity index (χ4v) is 1.73. The molecule has 1 unspecified atom stereocenters. The summed E-state index contributed by atoms with van der Waals surface area (Å²) in [5.41, 5.74) is 7.10. The SMILES string of the molecule is COC(=O)CCC(N)Cc1cncn1C(C)C. The van der Waals surface area contributed by atoms with Crippen molar-refractivity contribution in [2.24, 2.45) is 5.73 Å². The summed E-state index contributed by atoms with van der Waals surface area (Å²) in [6.45, 7) is 4.20. The summed E-state index contributed by atoms with van der Waals surface area (Å²) < 4.78 is 6.68. The summed E-state index contributed by atoms with van der Waals surface area (Å²) >= 11 is 0. The van der Waals surface area contributed by atoms with E-state index in [0.717, 1.165) is 12.1 Å². The van der Waals surface area contributed by atoms with E-state index >= 15 is 0 Å². The van der Waals surface area contributed by atoms with E-state index in [1.54, 1.807) is 0 Å². The zero-order valence-corrected chi connectivity index (χ0v) is 10.7. The first kappa shape index (κ1) is 13.7. The van der Waals surface area contributed by atoms with Crippen LogP contribution in [0.2, 0.25) is 0 Å². The first-order valence-electron chi connectivity index (χ1n) is 5.87. The molecule has 0 aliphatic rings. The van der Waals surface area contributed by atoms with Gasteiger partial charge in [0, 0.05) is 36.8 Å². The summed E-state index contributed by atoms with van der Waals surface area (Å²) in [5.74, 6) is -0.210. The average Bonchev–Trinajstić information content (AvgIpc) is 2.74. The van der Waals surface area contributed by atoms with Gasteiger partial charge in [0.1, 0.15) is 0 Å². The minimum atomic E-state index is -0.210. The van der Waals surface area contributed by atoms with Gasteiger partial charge in [-0.15, -0.1) is 0 Å². The maximum Gasteiger partial charge on any atom is 0.305 e. The minimum absolute atomic E-state index is 0.0386. The summed E-state index contributed by atoms with van der Waals surface area (Å²) in [4.78, 5) is 15.1. The lowest BCUT2D eigenvalue weighted by Gasteiger charge is -2.15. The first-order valence-corrected chi connectivity index (χ1v) is 5.87. The number of nitrogens with two attached hydrogens (primary N) is 1. The molecule has 5 heteroatoms. The molecule has 0 aliphatic carbocycles. The normalized spacial score (nSPS) is 12.8. The van der Waals surface area contributed by atoms with Gasteiger partial charge in [0.25, 0.3) is 0 Å². The highest BCUT2D eigenvalue weighted by Crippen LogP contribution is 2.12. The molecule has 17 heavy (non-hydrogen) atoms. The fraction of sp³-hybridized carbons (Fsp3) is 0.667. The Bertz CT molecular complexity index is 360. The van der Waals surface area contributed by atoms with Gasteiger partial charge in [-0.1, -0.05) is 0 Å². The highest BCUT2D eigenvalue weighted by molar-refractivity contribution is 5.69. The fourth-order valence-electron chi connectivity index (χ4n) is 1.73. The van der Waals surface area contributed by atoms with Crippen LogP contribution in [0, 0.1) is 0 Å². The van der Waals surface area contributed by atoms with Crippen LogP contribution in [-0.2, 0) is 16.0 Å². The highest BCUT2D eigenvalue weighted by atomic mass is 16.5. The van der Waals surface area contributed by atoms with Crippen LogP contribution >= 0.6 is 0 Å². The number of esters is 1. The molecule has 1 atom stereocenters. The lowest BCUT2D eigenvalue weighted by Crippen LogP contribution is -2.25. The van der Waals surface area contributed by atoms with Crippen molar-refractivity contribution >= 4 is 5.97 Å². The molecular formula is C12H21N3O2. The molecule has 2 N–H and O–H groups in total. The molecule has 1 aromatic heterocycles. The Labute approximate surface area is 102 Å². The van der Waals surface area contributed by atoms with Gasteiger partial charge >= 0.3 is 5.97 Å². The van der Waals surface area contributed by atoms with Crippen LogP contribution in [0.3, 0.4) is 0 Å². The Morgan fingerprint density at radius 3 is 2.88 bits per heavy atom. The predicted octanol–water partition coefficient (Wildman–Crippen LogP) is 1.29. The lowest BCUT2D eigenvalue weighted by atomic mass is 10.1. The van der Waals surface area contributed by atoms with Crippen LogP contribution in [0.1, 0.15) is 38.4 Å². The molecule has 0 saturated heterocycles. The second-order valence-electron chi connectivity index (χ2n) is 4.47. The molecule has 0 aliphatic heterocycles. The molecule has 0 spiro atoms. The van der Waals surface area contributed by atoms with Gasteiger partial charge in [0.15, 0.2) is 0 Å². The molecular weight excluding hydrogens is 218 g/mol. The van der Waals surface area contributed by atoms with Gasteiger partial charge in [-0.25, -0.2) is 4.98 Å². The molecule has 5 nitrogen and oxygen atoms in total. The number of rotatable bonds is 6. The Morgan fingerprint density at radius 2 is 2.29 bits per heavy atom. The lowest BCUT2D eigenvalue weighted by molar-refractivity contribution is -0.140. The van der Waals surface area contributed by atoms with Crippen LogP contribution in [0.15, 0.2) is 12.5 Å². The number of nitrogens with zero attached hydrogens (tertiary/aromatic N) is 2. The topological polar surface area (TPSA) is 70.1 Å². The Hall–Kier alpha value is -1.36. The average molecular weight is 239 g/mol. The van der Waals surface area contributed by atoms with Crippen molar-refractivity contribution in [1.29, 1.82) is 0 Å². The van der Waals surface area contributed by atoms with E-state index in [0.29, 0.717) is 18.9 Å². The van der Waals surface area contributed by atoms with Crippen molar-refractivity contribution in [3.8, 4) is 0 Å². The second-order valence-corrected chi connectivity index (χ2v) is 4.47. The van der Waals surface area contributed by atoms with E-state index in [4.69, 9.17) is 5.73 Å². The van der Waals surface area contributed by atoms with Crippen molar-refractivity contribution in [3.63, 3.8) is 0 Å². The summed E-state index contributed by atoms with van der Waals surface area (Å²) in [6.07, 6.45) is 5.38. The molecule has 0 aromatic carbocycles. The predicted molar refractivity (Wildman–Crippen MR) is 65.5 cm³/mol. The Morgan fingerprint density at radius 1 is 1.59 bits per heavy atom. The Balaban J connectivity index is 2.47. The zero-order valence-electron chi connectivity index (χ0n) is 10.7. The van der Waals surface area contributed by atoms with Crippen molar-refractivity contribution in [2.45, 2.75) is 45.2 Å². The second kappa shape index (κ2) is 6.39. The number of aromatic nitrogens is 2. The molecule has 1 aromatic rings. The van der Waals surface area contributed by atoms with E-state index in [1.165, 1.54) is 7.11 Å². The van der Waals surface area contributed by atoms with Gasteiger partial charge < -0.3 is 15.0 Å². The van der Waals surface area contributed by atoms with Crippen LogP contribution in [0.25, 0.3) is 0 Å². The minimum Gasteiger partial charge on any atom is -0.469 e. The van der Waals surface area contributed by atoms with Crippen LogP contribution in [0.4, 0.5) is 0 Å². The molecule has 1 heterocycles. The molecule has 0 bridgehead atoms. The number of methoxy groups -OCH3 is 1. The standard InChI is InChI=1S/C12H21N3O2/c1-9(2)15-8-14-7-11(15)6-10(13)4-5-12(16)17-3/h7-10H,4-6,13H2,1-3H3. The molecule has 1 rings (SSSR count). The quantitative estimate of drug-likeness (QED) is 0.759. The molecule has 0 radical (unpaired) electrons. The van der Waals surface area contributed by atoms with Crippen LogP contribution in [0.5, 0.6) is 0 Å². The van der Waals surface area contributed by atoms with Crippen molar-refractivity contribution in [2.75, 3.05) is 7.11 Å². The van der Waals surface area contributed by atoms with Gasteiger partial charge in [-0.2, -0.15) is 0 Å². The van der Waals surface area contributed by atoms with E-state index in [2.05, 4.69) is 28.1 Å². The maximum atomic E-state index is 11.0. The number of hydrogen-bond acceptors (Lipinski definition) is 4. The van der Waals surface area contributed by atoms with Crippen molar-refractivity contribution in [3.05, 3.63) is 18.2 Å². The molecule has 96 valence electrons. The third-order valence-electron chi connectivity index (χ3n) is 2.72.